The van der Waals surface area contributed by atoms with Gasteiger partial charge in [-0.25, -0.2) is 10.1 Å². The maximum Gasteiger partial charge on any atom is 0.264 e. The smallest absolute Gasteiger partial charge is 0.264 e. The van der Waals surface area contributed by atoms with Gasteiger partial charge in [-0.3, -0.25) is 4.79 Å². The van der Waals surface area contributed by atoms with Crippen molar-refractivity contribution in [2.45, 2.75) is 37.9 Å². The maximum absolute atomic E-state index is 12.4. The summed E-state index contributed by atoms with van der Waals surface area (Å²) in [6.07, 6.45) is 2.68. The zero-order valence-corrected chi connectivity index (χ0v) is 23.2. The average molecular weight is 564 g/mol. The van der Waals surface area contributed by atoms with Crippen molar-refractivity contribution < 1.29 is 9.53 Å². The van der Waals surface area contributed by atoms with Gasteiger partial charge >= 0.3 is 0 Å². The molecule has 4 N–H and O–H groups in total. The maximum atomic E-state index is 12.4. The van der Waals surface area contributed by atoms with E-state index in [1.165, 1.54) is 22.0 Å². The van der Waals surface area contributed by atoms with Crippen molar-refractivity contribution in [3.63, 3.8) is 0 Å². The molecule has 0 fully saturated rings. The summed E-state index contributed by atoms with van der Waals surface area (Å²) in [5.41, 5.74) is 6.55. The van der Waals surface area contributed by atoms with Crippen LogP contribution in [0.3, 0.4) is 0 Å². The number of nitrogen functional groups attached to an aromatic ring is 1. The van der Waals surface area contributed by atoms with Crippen LogP contribution in [0.25, 0.3) is 0 Å². The predicted molar refractivity (Wildman–Crippen MR) is 158 cm³/mol. The average Bonchev–Trinajstić information content (AvgIpc) is 3.31. The number of carbonyl (C=O) groups is 1. The third kappa shape index (κ3) is 7.98. The molecule has 0 aliphatic rings. The van der Waals surface area contributed by atoms with Gasteiger partial charge in [0.1, 0.15) is 12.4 Å². The van der Waals surface area contributed by atoms with Crippen LogP contribution in [0.4, 0.5) is 11.6 Å². The van der Waals surface area contributed by atoms with Crippen LogP contribution in [-0.4, -0.2) is 32.7 Å². The number of carbonyl (C=O) groups excluding carboxylic acids is 1. The molecule has 4 aromatic rings. The Hall–Kier alpha value is -4.02. The molecule has 39 heavy (non-hydrogen) atoms. The standard InChI is InChI=1S/C28H30ClN7O2S/c1-3-19(2)21-10-14-24(15-11-21)32-26(37)18-39-28-35-34-27(36(28)30)33-31-16-22-6-4-5-7-25(22)38-17-20-8-12-23(29)13-9-20/h4-16,19H,3,17-18,30H2,1-2H3,(H,32,37)(H,33,34)/b31-16+. The first-order chi connectivity index (χ1) is 18.9. The second-order valence-electron chi connectivity index (χ2n) is 8.77. The second kappa shape index (κ2) is 13.7. The molecular formula is C28H30ClN7O2S. The largest absolute Gasteiger partial charge is 0.488 e. The highest BCUT2D eigenvalue weighted by molar-refractivity contribution is 7.99. The number of hydrazone groups is 1. The minimum Gasteiger partial charge on any atom is -0.488 e. The molecule has 11 heteroatoms. The van der Waals surface area contributed by atoms with E-state index in [1.54, 1.807) is 6.21 Å². The van der Waals surface area contributed by atoms with E-state index in [2.05, 4.69) is 39.9 Å². The Kier molecular flexibility index (Phi) is 9.82. The van der Waals surface area contributed by atoms with Gasteiger partial charge in [-0.05, 0) is 59.9 Å². The van der Waals surface area contributed by atoms with Crippen LogP contribution in [0.2, 0.25) is 5.02 Å². The number of nitrogens with two attached hydrogens (primary N) is 1. The van der Waals surface area contributed by atoms with Crippen molar-refractivity contribution in [2.75, 3.05) is 22.3 Å². The summed E-state index contributed by atoms with van der Waals surface area (Å²) in [4.78, 5) is 12.4. The summed E-state index contributed by atoms with van der Waals surface area (Å²) in [6, 6.07) is 22.9. The number of halogens is 1. The van der Waals surface area contributed by atoms with Crippen LogP contribution in [0.5, 0.6) is 5.75 Å². The number of ether oxygens (including phenoxy) is 1. The van der Waals surface area contributed by atoms with Gasteiger partial charge in [0.25, 0.3) is 5.95 Å². The lowest BCUT2D eigenvalue weighted by Crippen LogP contribution is -2.17. The summed E-state index contributed by atoms with van der Waals surface area (Å²) in [6.45, 7) is 4.73. The molecule has 3 aromatic carbocycles. The van der Waals surface area contributed by atoms with Crippen LogP contribution < -0.4 is 21.3 Å². The number of aromatic nitrogens is 3. The Labute approximate surface area is 236 Å². The summed E-state index contributed by atoms with van der Waals surface area (Å²) >= 11 is 7.12. The van der Waals surface area contributed by atoms with Crippen molar-refractivity contribution >= 4 is 47.1 Å². The fourth-order valence-electron chi connectivity index (χ4n) is 3.53. The molecule has 0 bridgehead atoms. The molecule has 0 saturated heterocycles. The van der Waals surface area contributed by atoms with Gasteiger partial charge in [0.05, 0.1) is 12.0 Å². The third-order valence-corrected chi connectivity index (χ3v) is 7.16. The molecule has 0 aliphatic carbocycles. The van der Waals surface area contributed by atoms with Gasteiger partial charge < -0.3 is 15.9 Å². The molecule has 0 aliphatic heterocycles. The normalized spacial score (nSPS) is 11.9. The number of hydrogen-bond acceptors (Lipinski definition) is 8. The number of amides is 1. The molecule has 4 rings (SSSR count). The van der Waals surface area contributed by atoms with E-state index in [4.69, 9.17) is 22.2 Å². The molecular weight excluding hydrogens is 534 g/mol. The number of para-hydroxylation sites is 1. The fourth-order valence-corrected chi connectivity index (χ4v) is 4.31. The van der Waals surface area contributed by atoms with Gasteiger partial charge in [0.2, 0.25) is 11.1 Å². The monoisotopic (exact) mass is 563 g/mol. The third-order valence-electron chi connectivity index (χ3n) is 5.97. The number of rotatable bonds is 12. The number of thioether (sulfide) groups is 1. The van der Waals surface area contributed by atoms with Gasteiger partial charge in [0, 0.05) is 16.3 Å². The summed E-state index contributed by atoms with van der Waals surface area (Å²) in [7, 11) is 0. The Balaban J connectivity index is 1.28. The molecule has 9 nitrogen and oxygen atoms in total. The van der Waals surface area contributed by atoms with Crippen molar-refractivity contribution in [2.24, 2.45) is 5.10 Å². The molecule has 1 aromatic heterocycles. The summed E-state index contributed by atoms with van der Waals surface area (Å²) in [5.74, 6) is 7.45. The first kappa shape index (κ1) is 28.0. The lowest BCUT2D eigenvalue weighted by atomic mass is 9.99. The van der Waals surface area contributed by atoms with E-state index < -0.39 is 0 Å². The highest BCUT2D eigenvalue weighted by Gasteiger charge is 2.12. The number of benzene rings is 3. The quantitative estimate of drug-likeness (QED) is 0.0847. The molecule has 0 radical (unpaired) electrons. The van der Waals surface area contributed by atoms with Gasteiger partial charge in [-0.1, -0.05) is 73.6 Å². The zero-order chi connectivity index (χ0) is 27.6. The minimum absolute atomic E-state index is 0.129. The van der Waals surface area contributed by atoms with E-state index in [0.717, 1.165) is 23.2 Å². The summed E-state index contributed by atoms with van der Waals surface area (Å²) < 4.78 is 7.20. The molecule has 1 atom stereocenters. The van der Waals surface area contributed by atoms with Crippen LogP contribution in [-0.2, 0) is 11.4 Å². The first-order valence-electron chi connectivity index (χ1n) is 12.4. The van der Waals surface area contributed by atoms with Crippen molar-refractivity contribution in [1.29, 1.82) is 0 Å². The Morgan fingerprint density at radius 1 is 1.13 bits per heavy atom. The second-order valence-corrected chi connectivity index (χ2v) is 10.1. The van der Waals surface area contributed by atoms with Crippen LogP contribution in [0.1, 0.15) is 42.9 Å². The summed E-state index contributed by atoms with van der Waals surface area (Å²) in [5, 5.41) is 16.2. The van der Waals surface area contributed by atoms with Gasteiger partial charge in [-0.15, -0.1) is 10.2 Å². The topological polar surface area (TPSA) is 119 Å². The predicted octanol–water partition coefficient (Wildman–Crippen LogP) is 5.91. The highest BCUT2D eigenvalue weighted by Crippen LogP contribution is 2.22. The molecule has 202 valence electrons. The van der Waals surface area contributed by atoms with E-state index in [9.17, 15) is 4.79 Å². The van der Waals surface area contributed by atoms with Crippen LogP contribution >= 0.6 is 23.4 Å². The Bertz CT molecular complexity index is 1410. The molecule has 1 amide bonds. The number of anilines is 2. The van der Waals surface area contributed by atoms with Crippen LogP contribution in [0.15, 0.2) is 83.1 Å². The van der Waals surface area contributed by atoms with Gasteiger partial charge in [-0.2, -0.15) is 5.10 Å². The SMILES string of the molecule is CCC(C)c1ccc(NC(=O)CSc2nnc(N/N=C/c3ccccc3OCc3ccc(Cl)cc3)n2N)cc1. The molecule has 0 spiro atoms. The lowest BCUT2D eigenvalue weighted by Gasteiger charge is -2.10. The Morgan fingerprint density at radius 3 is 2.62 bits per heavy atom. The van der Waals surface area contributed by atoms with Crippen molar-refractivity contribution in [3.8, 4) is 5.75 Å². The zero-order valence-electron chi connectivity index (χ0n) is 21.7. The fraction of sp³-hybridized carbons (Fsp3) is 0.214. The molecule has 0 saturated carbocycles. The molecule has 1 unspecified atom stereocenters. The molecule has 1 heterocycles. The number of nitrogens with zero attached hydrogens (tertiary/aromatic N) is 4. The van der Waals surface area contributed by atoms with E-state index in [0.29, 0.717) is 28.5 Å². The van der Waals surface area contributed by atoms with E-state index >= 15 is 0 Å². The number of nitrogens with one attached hydrogen (secondary N) is 2. The Morgan fingerprint density at radius 2 is 1.87 bits per heavy atom. The number of hydrogen-bond donors (Lipinski definition) is 3. The van der Waals surface area contributed by atoms with Gasteiger partial charge in [0.15, 0.2) is 0 Å². The van der Waals surface area contributed by atoms with Crippen molar-refractivity contribution in [3.05, 3.63) is 94.5 Å². The first-order valence-corrected chi connectivity index (χ1v) is 13.8. The minimum atomic E-state index is -0.165. The van der Waals surface area contributed by atoms with E-state index in [1.807, 2.05) is 72.8 Å². The van der Waals surface area contributed by atoms with Crippen molar-refractivity contribution in [1.82, 2.24) is 14.9 Å². The highest BCUT2D eigenvalue weighted by atomic mass is 35.5. The van der Waals surface area contributed by atoms with E-state index in [-0.39, 0.29) is 17.6 Å². The van der Waals surface area contributed by atoms with Crippen LogP contribution in [0, 0.1) is 0 Å². The lowest BCUT2D eigenvalue weighted by molar-refractivity contribution is -0.113.